The lowest BCUT2D eigenvalue weighted by molar-refractivity contribution is 0.0932. The number of carbonyl (C=O) groups excluding carboxylic acids is 1. The van der Waals surface area contributed by atoms with E-state index in [9.17, 15) is 4.79 Å². The average Bonchev–Trinajstić information content (AvgIpc) is 2.43. The van der Waals surface area contributed by atoms with Crippen LogP contribution in [0.2, 0.25) is 5.02 Å². The maximum atomic E-state index is 12.1. The summed E-state index contributed by atoms with van der Waals surface area (Å²) in [5, 5.41) is 4.50. The molecule has 0 bridgehead atoms. The molecule has 1 aromatic carbocycles. The molecule has 0 heterocycles. The lowest BCUT2D eigenvalue weighted by Crippen LogP contribution is -2.38. The highest BCUT2D eigenvalue weighted by atomic mass is 79.9. The van der Waals surface area contributed by atoms with Gasteiger partial charge in [0, 0.05) is 21.9 Å². The molecule has 0 aliphatic heterocycles. The summed E-state index contributed by atoms with van der Waals surface area (Å²) in [4.78, 5) is 12.1. The Kier molecular flexibility index (Phi) is 6.84. The minimum Gasteiger partial charge on any atom is -0.351 e. The molecule has 0 saturated carbocycles. The number of nitrogens with one attached hydrogen (secondary N) is 1. The van der Waals surface area contributed by atoms with E-state index in [2.05, 4.69) is 51.0 Å². The van der Waals surface area contributed by atoms with E-state index in [0.717, 1.165) is 22.6 Å². The molecule has 0 radical (unpaired) electrons. The standard InChI is InChI=1S/C14H18Br2ClNO/c1-3-14(4-2,8-15)9-18-13(19)10-5-6-12(17)11(16)7-10/h5-7H,3-4,8-9H2,1-2H3,(H,18,19). The first kappa shape index (κ1) is 17.0. The number of benzene rings is 1. The zero-order valence-electron chi connectivity index (χ0n) is 11.1. The van der Waals surface area contributed by atoms with Crippen molar-refractivity contribution in [2.75, 3.05) is 11.9 Å². The SMILES string of the molecule is CCC(CC)(CBr)CNC(=O)c1ccc(Cl)c(Br)c1. The molecule has 0 aliphatic rings. The number of amides is 1. The monoisotopic (exact) mass is 409 g/mol. The highest BCUT2D eigenvalue weighted by Crippen LogP contribution is 2.28. The fourth-order valence-corrected chi connectivity index (χ4v) is 3.23. The Balaban J connectivity index is 2.72. The average molecular weight is 412 g/mol. The predicted molar refractivity (Wildman–Crippen MR) is 88.3 cm³/mol. The molecule has 2 nitrogen and oxygen atoms in total. The third-order valence-corrected chi connectivity index (χ3v) is 5.99. The summed E-state index contributed by atoms with van der Waals surface area (Å²) >= 11 is 12.8. The summed E-state index contributed by atoms with van der Waals surface area (Å²) < 4.78 is 0.736. The van der Waals surface area contributed by atoms with Gasteiger partial charge in [-0.15, -0.1) is 0 Å². The zero-order valence-corrected chi connectivity index (χ0v) is 15.0. The van der Waals surface area contributed by atoms with Gasteiger partial charge in [0.15, 0.2) is 0 Å². The van der Waals surface area contributed by atoms with Crippen LogP contribution in [0.4, 0.5) is 0 Å². The molecule has 0 fully saturated rings. The van der Waals surface area contributed by atoms with Gasteiger partial charge in [0.2, 0.25) is 0 Å². The van der Waals surface area contributed by atoms with Gasteiger partial charge in [-0.05, 0) is 52.4 Å². The van der Waals surface area contributed by atoms with Gasteiger partial charge < -0.3 is 5.32 Å². The van der Waals surface area contributed by atoms with Crippen molar-refractivity contribution < 1.29 is 4.79 Å². The lowest BCUT2D eigenvalue weighted by atomic mass is 9.84. The molecule has 0 atom stereocenters. The highest BCUT2D eigenvalue weighted by molar-refractivity contribution is 9.10. The fraction of sp³-hybridized carbons (Fsp3) is 0.500. The highest BCUT2D eigenvalue weighted by Gasteiger charge is 2.25. The van der Waals surface area contributed by atoms with Crippen molar-refractivity contribution >= 4 is 49.4 Å². The minimum absolute atomic E-state index is 0.0652. The summed E-state index contributed by atoms with van der Waals surface area (Å²) in [5.41, 5.74) is 0.742. The Hall–Kier alpha value is -0.0600. The van der Waals surface area contributed by atoms with E-state index in [4.69, 9.17) is 11.6 Å². The molecule has 5 heteroatoms. The Labute approximate surface area is 136 Å². The van der Waals surface area contributed by atoms with E-state index in [0.29, 0.717) is 17.1 Å². The van der Waals surface area contributed by atoms with Gasteiger partial charge in [-0.25, -0.2) is 0 Å². The molecule has 0 saturated heterocycles. The lowest BCUT2D eigenvalue weighted by Gasteiger charge is -2.29. The van der Waals surface area contributed by atoms with Crippen molar-refractivity contribution in [3.63, 3.8) is 0 Å². The van der Waals surface area contributed by atoms with E-state index in [-0.39, 0.29) is 11.3 Å². The molecule has 0 aromatic heterocycles. The first-order valence-electron chi connectivity index (χ1n) is 6.27. The number of rotatable bonds is 6. The molecule has 0 unspecified atom stereocenters. The number of hydrogen-bond donors (Lipinski definition) is 1. The van der Waals surface area contributed by atoms with Crippen LogP contribution in [0.25, 0.3) is 0 Å². The molecule has 1 aromatic rings. The molecule has 106 valence electrons. The predicted octanol–water partition coefficient (Wildman–Crippen LogP) is 5.03. The first-order valence-corrected chi connectivity index (χ1v) is 8.56. The van der Waals surface area contributed by atoms with Crippen LogP contribution < -0.4 is 5.32 Å². The summed E-state index contributed by atoms with van der Waals surface area (Å²) in [7, 11) is 0. The molecule has 0 spiro atoms. The molecule has 1 amide bonds. The molecule has 0 aliphatic carbocycles. The third-order valence-electron chi connectivity index (χ3n) is 3.59. The van der Waals surface area contributed by atoms with Crippen molar-refractivity contribution in [1.82, 2.24) is 5.32 Å². The fourth-order valence-electron chi connectivity index (χ4n) is 1.74. The quantitative estimate of drug-likeness (QED) is 0.654. The van der Waals surface area contributed by atoms with Gasteiger partial charge in [0.1, 0.15) is 0 Å². The maximum Gasteiger partial charge on any atom is 0.251 e. The van der Waals surface area contributed by atoms with Gasteiger partial charge in [0.05, 0.1) is 5.02 Å². The van der Waals surface area contributed by atoms with Crippen molar-refractivity contribution in [1.29, 1.82) is 0 Å². The van der Waals surface area contributed by atoms with Crippen molar-refractivity contribution in [3.05, 3.63) is 33.3 Å². The second kappa shape index (κ2) is 7.65. The van der Waals surface area contributed by atoms with Crippen LogP contribution in [0.5, 0.6) is 0 Å². The van der Waals surface area contributed by atoms with Crippen LogP contribution in [0.15, 0.2) is 22.7 Å². The number of carbonyl (C=O) groups is 1. The van der Waals surface area contributed by atoms with Crippen LogP contribution in [0.1, 0.15) is 37.0 Å². The summed E-state index contributed by atoms with van der Waals surface area (Å²) in [6, 6.07) is 5.19. The summed E-state index contributed by atoms with van der Waals surface area (Å²) in [5.74, 6) is -0.0652. The third kappa shape index (κ3) is 4.47. The van der Waals surface area contributed by atoms with Gasteiger partial charge in [0.25, 0.3) is 5.91 Å². The van der Waals surface area contributed by atoms with Crippen LogP contribution in [-0.4, -0.2) is 17.8 Å². The van der Waals surface area contributed by atoms with E-state index < -0.39 is 0 Å². The molecular formula is C14H18Br2ClNO. The zero-order chi connectivity index (χ0) is 14.5. The normalized spacial score (nSPS) is 11.4. The topological polar surface area (TPSA) is 29.1 Å². The second-order valence-corrected chi connectivity index (χ2v) is 6.47. The van der Waals surface area contributed by atoms with Crippen LogP contribution >= 0.6 is 43.5 Å². The van der Waals surface area contributed by atoms with Crippen LogP contribution in [-0.2, 0) is 0 Å². The number of hydrogen-bond acceptors (Lipinski definition) is 1. The molecular weight excluding hydrogens is 393 g/mol. The van der Waals surface area contributed by atoms with E-state index in [1.165, 1.54) is 0 Å². The first-order chi connectivity index (χ1) is 8.98. The van der Waals surface area contributed by atoms with Crippen LogP contribution in [0, 0.1) is 5.41 Å². The van der Waals surface area contributed by atoms with Crippen molar-refractivity contribution in [2.45, 2.75) is 26.7 Å². The Bertz CT molecular complexity index is 439. The van der Waals surface area contributed by atoms with Gasteiger partial charge in [-0.1, -0.05) is 41.4 Å². The Morgan fingerprint density at radius 2 is 2.00 bits per heavy atom. The van der Waals surface area contributed by atoms with E-state index in [1.807, 2.05) is 0 Å². The molecule has 1 N–H and O–H groups in total. The number of halogens is 3. The summed E-state index contributed by atoms with van der Waals surface area (Å²) in [6.45, 7) is 4.97. The van der Waals surface area contributed by atoms with Gasteiger partial charge in [-0.3, -0.25) is 4.79 Å². The van der Waals surface area contributed by atoms with Crippen molar-refractivity contribution in [3.8, 4) is 0 Å². The smallest absolute Gasteiger partial charge is 0.251 e. The van der Waals surface area contributed by atoms with Crippen LogP contribution in [0.3, 0.4) is 0 Å². The van der Waals surface area contributed by atoms with Gasteiger partial charge in [-0.2, -0.15) is 0 Å². The van der Waals surface area contributed by atoms with Gasteiger partial charge >= 0.3 is 0 Å². The van der Waals surface area contributed by atoms with E-state index in [1.54, 1.807) is 18.2 Å². The number of alkyl halides is 1. The Morgan fingerprint density at radius 3 is 2.47 bits per heavy atom. The maximum absolute atomic E-state index is 12.1. The largest absolute Gasteiger partial charge is 0.351 e. The molecule has 19 heavy (non-hydrogen) atoms. The molecule has 1 rings (SSSR count). The second-order valence-electron chi connectivity index (χ2n) is 4.65. The Morgan fingerprint density at radius 1 is 1.37 bits per heavy atom. The van der Waals surface area contributed by atoms with Crippen molar-refractivity contribution in [2.24, 2.45) is 5.41 Å². The minimum atomic E-state index is -0.0652. The summed E-state index contributed by atoms with van der Waals surface area (Å²) in [6.07, 6.45) is 2.05. The van der Waals surface area contributed by atoms with E-state index >= 15 is 0 Å².